The van der Waals surface area contributed by atoms with Gasteiger partial charge >= 0.3 is 0 Å². The van der Waals surface area contributed by atoms with E-state index in [4.69, 9.17) is 0 Å². The van der Waals surface area contributed by atoms with Crippen molar-refractivity contribution in [3.8, 4) is 0 Å². The van der Waals surface area contributed by atoms with Crippen molar-refractivity contribution >= 4 is 17.5 Å². The maximum atomic E-state index is 4.58. The Balaban J connectivity index is 2.14. The summed E-state index contributed by atoms with van der Waals surface area (Å²) in [5, 5.41) is 6.79. The average molecular weight is 312 g/mol. The summed E-state index contributed by atoms with van der Waals surface area (Å²) >= 11 is 0. The second-order valence-corrected chi connectivity index (χ2v) is 6.16. The lowest BCUT2D eigenvalue weighted by Crippen LogP contribution is -2.09. The van der Waals surface area contributed by atoms with Crippen LogP contribution in [-0.4, -0.2) is 16.5 Å². The van der Waals surface area contributed by atoms with E-state index in [9.17, 15) is 0 Å². The number of hydrogen-bond donors (Lipinski definition) is 2. The van der Waals surface area contributed by atoms with Gasteiger partial charge in [0.05, 0.1) is 0 Å². The van der Waals surface area contributed by atoms with Gasteiger partial charge in [0, 0.05) is 18.4 Å². The normalized spacial score (nSPS) is 10.8. The van der Waals surface area contributed by atoms with Crippen LogP contribution in [0.1, 0.15) is 45.2 Å². The van der Waals surface area contributed by atoms with Crippen LogP contribution in [0, 0.1) is 5.92 Å². The van der Waals surface area contributed by atoms with Crippen LogP contribution in [0.3, 0.4) is 0 Å². The molecule has 0 amide bonds. The molecule has 0 saturated heterocycles. The molecule has 2 aromatic rings. The molecule has 0 aliphatic rings. The molecule has 0 spiro atoms. The maximum absolute atomic E-state index is 4.58. The number of nitrogens with one attached hydrogen (secondary N) is 2. The monoisotopic (exact) mass is 312 g/mol. The molecule has 23 heavy (non-hydrogen) atoms. The topological polar surface area (TPSA) is 49.8 Å². The van der Waals surface area contributed by atoms with E-state index in [0.717, 1.165) is 31.6 Å². The second-order valence-electron chi connectivity index (χ2n) is 6.16. The molecule has 2 rings (SSSR count). The molecule has 0 fully saturated rings. The van der Waals surface area contributed by atoms with Gasteiger partial charge in [0.25, 0.3) is 0 Å². The Morgan fingerprint density at radius 3 is 2.35 bits per heavy atom. The molecule has 0 saturated carbocycles. The summed E-state index contributed by atoms with van der Waals surface area (Å²) in [6, 6.07) is 8.39. The highest BCUT2D eigenvalue weighted by molar-refractivity contribution is 5.65. The molecule has 0 bridgehead atoms. The fourth-order valence-corrected chi connectivity index (χ4v) is 2.52. The molecular formula is C19H28N4. The molecule has 1 aromatic heterocycles. The Hall–Kier alpha value is -2.10. The molecule has 0 aliphatic heterocycles. The van der Waals surface area contributed by atoms with Crippen molar-refractivity contribution in [2.45, 2.75) is 47.0 Å². The van der Waals surface area contributed by atoms with Gasteiger partial charge in [0.2, 0.25) is 5.95 Å². The van der Waals surface area contributed by atoms with E-state index in [1.165, 1.54) is 16.8 Å². The second kappa shape index (κ2) is 8.51. The molecule has 124 valence electrons. The van der Waals surface area contributed by atoms with Gasteiger partial charge in [-0.2, -0.15) is 4.98 Å². The van der Waals surface area contributed by atoms with Crippen molar-refractivity contribution in [1.82, 2.24) is 9.97 Å². The standard InChI is InChI=1S/C19H28N4/c1-5-15-8-7-9-16(6-2)18(15)22-17-11-13-21-19(23-17)20-12-10-14(3)4/h7-9,11,13-14H,5-6,10,12H2,1-4H3,(H2,20,21,22,23). The quantitative estimate of drug-likeness (QED) is 0.735. The summed E-state index contributed by atoms with van der Waals surface area (Å²) in [7, 11) is 0. The zero-order valence-electron chi connectivity index (χ0n) is 14.7. The van der Waals surface area contributed by atoms with Crippen molar-refractivity contribution in [2.75, 3.05) is 17.2 Å². The fourth-order valence-electron chi connectivity index (χ4n) is 2.52. The van der Waals surface area contributed by atoms with Crippen LogP contribution < -0.4 is 10.6 Å². The number of para-hydroxylation sites is 1. The minimum atomic E-state index is 0.673. The lowest BCUT2D eigenvalue weighted by Gasteiger charge is -2.15. The van der Waals surface area contributed by atoms with Crippen molar-refractivity contribution in [3.63, 3.8) is 0 Å². The molecule has 1 heterocycles. The van der Waals surface area contributed by atoms with Crippen LogP contribution in [0.15, 0.2) is 30.5 Å². The fraction of sp³-hybridized carbons (Fsp3) is 0.474. The van der Waals surface area contributed by atoms with E-state index in [-0.39, 0.29) is 0 Å². The molecule has 2 N–H and O–H groups in total. The minimum Gasteiger partial charge on any atom is -0.354 e. The number of hydrogen-bond acceptors (Lipinski definition) is 4. The van der Waals surface area contributed by atoms with E-state index in [0.29, 0.717) is 11.9 Å². The van der Waals surface area contributed by atoms with Gasteiger partial charge in [0.1, 0.15) is 5.82 Å². The van der Waals surface area contributed by atoms with Crippen LogP contribution in [0.5, 0.6) is 0 Å². The number of aromatic nitrogens is 2. The predicted octanol–water partition coefficient (Wildman–Crippen LogP) is 4.80. The minimum absolute atomic E-state index is 0.673. The molecule has 4 nitrogen and oxygen atoms in total. The van der Waals surface area contributed by atoms with E-state index < -0.39 is 0 Å². The highest BCUT2D eigenvalue weighted by atomic mass is 15.1. The van der Waals surface area contributed by atoms with E-state index in [1.807, 2.05) is 6.07 Å². The van der Waals surface area contributed by atoms with Crippen LogP contribution in [0.2, 0.25) is 0 Å². The summed E-state index contributed by atoms with van der Waals surface area (Å²) < 4.78 is 0. The van der Waals surface area contributed by atoms with Gasteiger partial charge in [-0.3, -0.25) is 0 Å². The van der Waals surface area contributed by atoms with E-state index >= 15 is 0 Å². The molecule has 0 aliphatic carbocycles. The molecule has 4 heteroatoms. The van der Waals surface area contributed by atoms with Crippen molar-refractivity contribution < 1.29 is 0 Å². The lowest BCUT2D eigenvalue weighted by atomic mass is 10.0. The Morgan fingerprint density at radius 1 is 1.04 bits per heavy atom. The highest BCUT2D eigenvalue weighted by Gasteiger charge is 2.08. The van der Waals surface area contributed by atoms with Crippen molar-refractivity contribution in [2.24, 2.45) is 5.92 Å². The molecule has 0 atom stereocenters. The molecule has 1 aromatic carbocycles. The third-order valence-corrected chi connectivity index (χ3v) is 3.91. The predicted molar refractivity (Wildman–Crippen MR) is 98.5 cm³/mol. The van der Waals surface area contributed by atoms with Gasteiger partial charge in [-0.25, -0.2) is 4.98 Å². The first-order valence-corrected chi connectivity index (χ1v) is 8.58. The summed E-state index contributed by atoms with van der Waals surface area (Å²) in [4.78, 5) is 8.88. The smallest absolute Gasteiger partial charge is 0.224 e. The summed E-state index contributed by atoms with van der Waals surface area (Å²) in [5.41, 5.74) is 3.82. The van der Waals surface area contributed by atoms with Crippen molar-refractivity contribution in [1.29, 1.82) is 0 Å². The van der Waals surface area contributed by atoms with Crippen molar-refractivity contribution in [3.05, 3.63) is 41.6 Å². The SMILES string of the molecule is CCc1cccc(CC)c1Nc1ccnc(NCCC(C)C)n1. The van der Waals surface area contributed by atoms with Crippen LogP contribution in [0.25, 0.3) is 0 Å². The van der Waals surface area contributed by atoms with Gasteiger partial charge in [-0.05, 0) is 42.4 Å². The zero-order chi connectivity index (χ0) is 16.7. The first kappa shape index (κ1) is 17.3. The summed E-state index contributed by atoms with van der Waals surface area (Å²) in [6.45, 7) is 9.69. The summed E-state index contributed by atoms with van der Waals surface area (Å²) in [5.74, 6) is 2.19. The number of nitrogens with zero attached hydrogens (tertiary/aromatic N) is 2. The Kier molecular flexibility index (Phi) is 6.39. The Labute approximate surface area is 139 Å². The van der Waals surface area contributed by atoms with Gasteiger partial charge < -0.3 is 10.6 Å². The Bertz CT molecular complexity index is 600. The van der Waals surface area contributed by atoms with E-state index in [1.54, 1.807) is 6.20 Å². The third-order valence-electron chi connectivity index (χ3n) is 3.91. The van der Waals surface area contributed by atoms with Crippen LogP contribution >= 0.6 is 0 Å². The van der Waals surface area contributed by atoms with Gasteiger partial charge in [-0.1, -0.05) is 45.9 Å². The first-order valence-electron chi connectivity index (χ1n) is 8.58. The average Bonchev–Trinajstić information content (AvgIpc) is 2.55. The molecule has 0 unspecified atom stereocenters. The number of aryl methyl sites for hydroxylation is 2. The van der Waals surface area contributed by atoms with Crippen LogP contribution in [-0.2, 0) is 12.8 Å². The molecule has 0 radical (unpaired) electrons. The zero-order valence-corrected chi connectivity index (χ0v) is 14.7. The molecular weight excluding hydrogens is 284 g/mol. The number of benzene rings is 1. The lowest BCUT2D eigenvalue weighted by molar-refractivity contribution is 0.606. The first-order chi connectivity index (χ1) is 11.1. The summed E-state index contributed by atoms with van der Waals surface area (Å²) in [6.07, 6.45) is 4.91. The third kappa shape index (κ3) is 4.95. The maximum Gasteiger partial charge on any atom is 0.224 e. The largest absolute Gasteiger partial charge is 0.354 e. The van der Waals surface area contributed by atoms with Crippen LogP contribution in [0.4, 0.5) is 17.5 Å². The highest BCUT2D eigenvalue weighted by Crippen LogP contribution is 2.25. The van der Waals surface area contributed by atoms with Gasteiger partial charge in [0.15, 0.2) is 0 Å². The number of rotatable bonds is 8. The van der Waals surface area contributed by atoms with E-state index in [2.05, 4.69) is 66.5 Å². The number of anilines is 3. The Morgan fingerprint density at radius 2 is 1.74 bits per heavy atom. The van der Waals surface area contributed by atoms with Gasteiger partial charge in [-0.15, -0.1) is 0 Å².